The molecule has 1 aliphatic rings. The minimum Gasteiger partial charge on any atom is -0.379 e. The van der Waals surface area contributed by atoms with E-state index in [-0.39, 0.29) is 0 Å². The van der Waals surface area contributed by atoms with Crippen LogP contribution in [0.25, 0.3) is 0 Å². The van der Waals surface area contributed by atoms with E-state index in [9.17, 15) is 0 Å². The van der Waals surface area contributed by atoms with Crippen molar-refractivity contribution >= 4 is 11.8 Å². The molecule has 0 spiro atoms. The van der Waals surface area contributed by atoms with Gasteiger partial charge in [0.2, 0.25) is 0 Å². The molecular formula is C11H14OS. The first-order chi connectivity index (χ1) is 6.25. The highest BCUT2D eigenvalue weighted by molar-refractivity contribution is 8.00. The van der Waals surface area contributed by atoms with E-state index >= 15 is 0 Å². The number of ether oxygens (including phenoxy) is 1. The maximum absolute atomic E-state index is 5.16. The summed E-state index contributed by atoms with van der Waals surface area (Å²) in [5, 5.41) is 0.681. The monoisotopic (exact) mass is 194 g/mol. The van der Waals surface area contributed by atoms with Gasteiger partial charge in [-0.1, -0.05) is 17.7 Å². The molecule has 1 saturated heterocycles. The number of hydrogen-bond donors (Lipinski definition) is 0. The number of hydrogen-bond acceptors (Lipinski definition) is 2. The minimum absolute atomic E-state index is 0.681. The molecule has 1 aliphatic heterocycles. The van der Waals surface area contributed by atoms with Crippen LogP contribution in [0.15, 0.2) is 23.1 Å². The van der Waals surface area contributed by atoms with Crippen LogP contribution in [0.1, 0.15) is 11.1 Å². The SMILES string of the molecule is Cc1ccc(C)c(SC2COC2)c1. The van der Waals surface area contributed by atoms with E-state index in [1.165, 1.54) is 16.0 Å². The zero-order chi connectivity index (χ0) is 9.26. The summed E-state index contributed by atoms with van der Waals surface area (Å²) < 4.78 is 5.16. The maximum Gasteiger partial charge on any atom is 0.0611 e. The Balaban J connectivity index is 2.13. The summed E-state index contributed by atoms with van der Waals surface area (Å²) in [6.07, 6.45) is 0. The second kappa shape index (κ2) is 3.72. The third kappa shape index (κ3) is 2.06. The molecule has 0 aliphatic carbocycles. The van der Waals surface area contributed by atoms with Crippen LogP contribution in [-0.2, 0) is 4.74 Å². The Bertz CT molecular complexity index is 305. The summed E-state index contributed by atoms with van der Waals surface area (Å²) in [4.78, 5) is 1.41. The summed E-state index contributed by atoms with van der Waals surface area (Å²) in [6.45, 7) is 6.14. The van der Waals surface area contributed by atoms with Crippen molar-refractivity contribution in [1.29, 1.82) is 0 Å². The summed E-state index contributed by atoms with van der Waals surface area (Å²) in [5.74, 6) is 0. The van der Waals surface area contributed by atoms with Gasteiger partial charge >= 0.3 is 0 Å². The molecule has 1 fully saturated rings. The van der Waals surface area contributed by atoms with Crippen LogP contribution in [0.3, 0.4) is 0 Å². The van der Waals surface area contributed by atoms with E-state index in [4.69, 9.17) is 4.74 Å². The quantitative estimate of drug-likeness (QED) is 0.716. The molecule has 2 rings (SSSR count). The van der Waals surface area contributed by atoms with Gasteiger partial charge in [-0.3, -0.25) is 0 Å². The molecule has 0 N–H and O–H groups in total. The Labute approximate surface area is 83.5 Å². The summed E-state index contributed by atoms with van der Waals surface area (Å²) in [5.41, 5.74) is 2.72. The summed E-state index contributed by atoms with van der Waals surface area (Å²) >= 11 is 1.95. The van der Waals surface area contributed by atoms with Gasteiger partial charge in [0.1, 0.15) is 0 Å². The van der Waals surface area contributed by atoms with Gasteiger partial charge in [-0.05, 0) is 25.5 Å². The Morgan fingerprint density at radius 1 is 1.31 bits per heavy atom. The first-order valence-corrected chi connectivity index (χ1v) is 5.45. The maximum atomic E-state index is 5.16. The zero-order valence-corrected chi connectivity index (χ0v) is 8.86. The first kappa shape index (κ1) is 9.10. The highest BCUT2D eigenvalue weighted by Crippen LogP contribution is 2.30. The normalized spacial score (nSPS) is 17.1. The van der Waals surface area contributed by atoms with Crippen molar-refractivity contribution in [3.8, 4) is 0 Å². The number of rotatable bonds is 2. The lowest BCUT2D eigenvalue weighted by Crippen LogP contribution is -2.30. The molecule has 0 radical (unpaired) electrons. The van der Waals surface area contributed by atoms with Gasteiger partial charge in [-0.25, -0.2) is 0 Å². The predicted octanol–water partition coefficient (Wildman–Crippen LogP) is 2.79. The molecule has 70 valence electrons. The fourth-order valence-electron chi connectivity index (χ4n) is 1.30. The lowest BCUT2D eigenvalue weighted by Gasteiger charge is -2.25. The fourth-order valence-corrected chi connectivity index (χ4v) is 2.49. The second-order valence-corrected chi connectivity index (χ2v) is 4.89. The predicted molar refractivity (Wildman–Crippen MR) is 56.4 cm³/mol. The highest BCUT2D eigenvalue weighted by atomic mass is 32.2. The zero-order valence-electron chi connectivity index (χ0n) is 8.04. The van der Waals surface area contributed by atoms with E-state index < -0.39 is 0 Å². The van der Waals surface area contributed by atoms with Crippen molar-refractivity contribution in [2.24, 2.45) is 0 Å². The van der Waals surface area contributed by atoms with Crippen molar-refractivity contribution < 1.29 is 4.74 Å². The van der Waals surface area contributed by atoms with Crippen LogP contribution in [0.2, 0.25) is 0 Å². The van der Waals surface area contributed by atoms with Gasteiger partial charge in [0, 0.05) is 4.90 Å². The van der Waals surface area contributed by atoms with Crippen molar-refractivity contribution in [2.45, 2.75) is 24.0 Å². The molecule has 0 aromatic heterocycles. The molecule has 1 aromatic rings. The van der Waals surface area contributed by atoms with E-state index in [2.05, 4.69) is 32.0 Å². The van der Waals surface area contributed by atoms with Crippen molar-refractivity contribution in [2.75, 3.05) is 13.2 Å². The second-order valence-electron chi connectivity index (χ2n) is 3.55. The Morgan fingerprint density at radius 2 is 2.08 bits per heavy atom. The lowest BCUT2D eigenvalue weighted by molar-refractivity contribution is 0.0455. The molecule has 1 nitrogen and oxygen atoms in total. The van der Waals surface area contributed by atoms with Gasteiger partial charge in [0.25, 0.3) is 0 Å². The summed E-state index contributed by atoms with van der Waals surface area (Å²) in [6, 6.07) is 6.62. The van der Waals surface area contributed by atoms with Crippen LogP contribution in [0, 0.1) is 13.8 Å². The Hall–Kier alpha value is -0.470. The standard InChI is InChI=1S/C11H14OS/c1-8-3-4-9(2)11(5-8)13-10-6-12-7-10/h3-5,10H,6-7H2,1-2H3. The first-order valence-electron chi connectivity index (χ1n) is 4.57. The molecule has 0 unspecified atom stereocenters. The average molecular weight is 194 g/mol. The molecule has 0 saturated carbocycles. The van der Waals surface area contributed by atoms with E-state index in [0.29, 0.717) is 5.25 Å². The van der Waals surface area contributed by atoms with Crippen LogP contribution in [0.4, 0.5) is 0 Å². The molecule has 13 heavy (non-hydrogen) atoms. The van der Waals surface area contributed by atoms with Gasteiger partial charge < -0.3 is 4.74 Å². The molecule has 1 aromatic carbocycles. The molecule has 0 amide bonds. The van der Waals surface area contributed by atoms with Gasteiger partial charge in [-0.2, -0.15) is 0 Å². The number of benzene rings is 1. The van der Waals surface area contributed by atoms with Gasteiger partial charge in [0.15, 0.2) is 0 Å². The Morgan fingerprint density at radius 3 is 2.69 bits per heavy atom. The number of thioether (sulfide) groups is 1. The molecule has 2 heteroatoms. The highest BCUT2D eigenvalue weighted by Gasteiger charge is 2.19. The molecule has 1 heterocycles. The van der Waals surface area contributed by atoms with Crippen LogP contribution >= 0.6 is 11.8 Å². The van der Waals surface area contributed by atoms with E-state index in [0.717, 1.165) is 13.2 Å². The van der Waals surface area contributed by atoms with Crippen LogP contribution in [-0.4, -0.2) is 18.5 Å². The van der Waals surface area contributed by atoms with Gasteiger partial charge in [-0.15, -0.1) is 11.8 Å². The van der Waals surface area contributed by atoms with E-state index in [1.54, 1.807) is 0 Å². The largest absolute Gasteiger partial charge is 0.379 e. The van der Waals surface area contributed by atoms with Crippen LogP contribution < -0.4 is 0 Å². The third-order valence-electron chi connectivity index (χ3n) is 2.24. The minimum atomic E-state index is 0.681. The molecule has 0 bridgehead atoms. The van der Waals surface area contributed by atoms with Gasteiger partial charge in [0.05, 0.1) is 18.5 Å². The number of aryl methyl sites for hydroxylation is 2. The fraction of sp³-hybridized carbons (Fsp3) is 0.455. The van der Waals surface area contributed by atoms with Crippen molar-refractivity contribution in [3.63, 3.8) is 0 Å². The lowest BCUT2D eigenvalue weighted by atomic mass is 10.2. The smallest absolute Gasteiger partial charge is 0.0611 e. The Kier molecular flexibility index (Phi) is 2.61. The topological polar surface area (TPSA) is 9.23 Å². The third-order valence-corrected chi connectivity index (χ3v) is 3.54. The van der Waals surface area contributed by atoms with Crippen LogP contribution in [0.5, 0.6) is 0 Å². The van der Waals surface area contributed by atoms with Crippen molar-refractivity contribution in [1.82, 2.24) is 0 Å². The van der Waals surface area contributed by atoms with E-state index in [1.807, 2.05) is 11.8 Å². The average Bonchev–Trinajstić information content (AvgIpc) is 2.03. The van der Waals surface area contributed by atoms with Crippen molar-refractivity contribution in [3.05, 3.63) is 29.3 Å². The molecule has 0 atom stereocenters. The summed E-state index contributed by atoms with van der Waals surface area (Å²) in [7, 11) is 0. The molecular weight excluding hydrogens is 180 g/mol.